The Balaban J connectivity index is 1.78. The van der Waals surface area contributed by atoms with Gasteiger partial charge in [-0.15, -0.1) is 0 Å². The van der Waals surface area contributed by atoms with E-state index < -0.39 is 11.2 Å². The number of aryl methyl sites for hydroxylation is 2. The molecule has 0 unspecified atom stereocenters. The number of hydrogen-bond donors (Lipinski definition) is 3. The minimum absolute atomic E-state index is 0.0701. The highest BCUT2D eigenvalue weighted by molar-refractivity contribution is 9.10. The van der Waals surface area contributed by atoms with Crippen molar-refractivity contribution in [2.45, 2.75) is 13.5 Å². The lowest BCUT2D eigenvalue weighted by Gasteiger charge is -2.09. The molecule has 0 fully saturated rings. The van der Waals surface area contributed by atoms with Crippen LogP contribution in [0.1, 0.15) is 16.7 Å². The summed E-state index contributed by atoms with van der Waals surface area (Å²) in [6, 6.07) is 12.9. The zero-order chi connectivity index (χ0) is 22.1. The molecule has 0 amide bonds. The van der Waals surface area contributed by atoms with E-state index in [1.807, 2.05) is 31.2 Å². The maximum absolute atomic E-state index is 12.6. The Morgan fingerprint density at radius 1 is 1.23 bits per heavy atom. The average Bonchev–Trinajstić information content (AvgIpc) is 3.09. The van der Waals surface area contributed by atoms with Crippen molar-refractivity contribution in [1.82, 2.24) is 19.1 Å². The van der Waals surface area contributed by atoms with Crippen LogP contribution in [0.3, 0.4) is 0 Å². The van der Waals surface area contributed by atoms with Gasteiger partial charge in [0.2, 0.25) is 5.95 Å². The quantitative estimate of drug-likeness (QED) is 0.298. The number of H-pyrrole nitrogens is 1. The molecule has 0 saturated carbocycles. The fraction of sp³-hybridized carbons (Fsp3) is 0.143. The van der Waals surface area contributed by atoms with Gasteiger partial charge in [-0.2, -0.15) is 10.1 Å². The lowest BCUT2D eigenvalue weighted by atomic mass is 10.1. The second kappa shape index (κ2) is 8.23. The summed E-state index contributed by atoms with van der Waals surface area (Å²) in [5, 5.41) is 14.1. The number of fused-ring (bicyclic) bond motifs is 1. The summed E-state index contributed by atoms with van der Waals surface area (Å²) in [7, 11) is 1.54. The fourth-order valence-electron chi connectivity index (χ4n) is 3.14. The van der Waals surface area contributed by atoms with Gasteiger partial charge in [-0.1, -0.05) is 45.8 Å². The van der Waals surface area contributed by atoms with Gasteiger partial charge in [0.1, 0.15) is 5.75 Å². The van der Waals surface area contributed by atoms with E-state index in [4.69, 9.17) is 0 Å². The summed E-state index contributed by atoms with van der Waals surface area (Å²) < 4.78 is 3.73. The normalized spacial score (nSPS) is 11.5. The molecule has 31 heavy (non-hydrogen) atoms. The number of phenolic OH excluding ortho intramolecular Hbond substituents is 1. The molecule has 3 N–H and O–H groups in total. The molecule has 0 atom stereocenters. The third kappa shape index (κ3) is 4.15. The average molecular weight is 483 g/mol. The van der Waals surface area contributed by atoms with Gasteiger partial charge in [0.05, 0.1) is 12.8 Å². The van der Waals surface area contributed by atoms with Crippen molar-refractivity contribution in [2.75, 3.05) is 5.43 Å². The molecule has 0 aliphatic heterocycles. The van der Waals surface area contributed by atoms with Gasteiger partial charge in [0, 0.05) is 17.1 Å². The number of aromatic amines is 1. The molecular formula is C21H19BrN6O3. The molecule has 0 radical (unpaired) electrons. The topological polar surface area (TPSA) is 117 Å². The highest BCUT2D eigenvalue weighted by atomic mass is 79.9. The number of phenols is 1. The van der Waals surface area contributed by atoms with Crippen LogP contribution in [0, 0.1) is 6.92 Å². The molecule has 0 spiro atoms. The molecular weight excluding hydrogens is 464 g/mol. The van der Waals surface area contributed by atoms with Gasteiger partial charge in [-0.05, 0) is 30.7 Å². The first-order valence-corrected chi connectivity index (χ1v) is 10.2. The summed E-state index contributed by atoms with van der Waals surface area (Å²) >= 11 is 3.35. The Labute approximate surface area is 184 Å². The van der Waals surface area contributed by atoms with Crippen LogP contribution in [0.15, 0.2) is 61.6 Å². The highest BCUT2D eigenvalue weighted by Gasteiger charge is 2.17. The van der Waals surface area contributed by atoms with Crippen LogP contribution in [0.2, 0.25) is 0 Å². The number of benzene rings is 2. The molecule has 9 nitrogen and oxygen atoms in total. The van der Waals surface area contributed by atoms with Crippen LogP contribution in [-0.4, -0.2) is 30.4 Å². The second-order valence-electron chi connectivity index (χ2n) is 7.07. The fourth-order valence-corrected chi connectivity index (χ4v) is 3.52. The Morgan fingerprint density at radius 2 is 1.97 bits per heavy atom. The Bertz CT molecular complexity index is 1420. The number of nitrogens with one attached hydrogen (secondary N) is 2. The zero-order valence-electron chi connectivity index (χ0n) is 16.8. The van der Waals surface area contributed by atoms with Crippen LogP contribution in [-0.2, 0) is 13.6 Å². The molecule has 4 rings (SSSR count). The number of hydrogen-bond acceptors (Lipinski definition) is 6. The number of rotatable bonds is 5. The Morgan fingerprint density at radius 3 is 2.71 bits per heavy atom. The number of nitrogens with zero attached hydrogens (tertiary/aromatic N) is 4. The van der Waals surface area contributed by atoms with Gasteiger partial charge >= 0.3 is 5.69 Å². The van der Waals surface area contributed by atoms with E-state index in [1.165, 1.54) is 17.8 Å². The van der Waals surface area contributed by atoms with Crippen molar-refractivity contribution in [2.24, 2.45) is 12.1 Å². The van der Waals surface area contributed by atoms with E-state index in [0.29, 0.717) is 12.1 Å². The summed E-state index contributed by atoms with van der Waals surface area (Å²) in [4.78, 5) is 31.3. The molecule has 0 saturated heterocycles. The molecule has 0 aliphatic rings. The minimum Gasteiger partial charge on any atom is -0.507 e. The molecule has 158 valence electrons. The second-order valence-corrected chi connectivity index (χ2v) is 7.99. The van der Waals surface area contributed by atoms with Crippen molar-refractivity contribution in [3.8, 4) is 5.75 Å². The lowest BCUT2D eigenvalue weighted by Crippen LogP contribution is -2.29. The summed E-state index contributed by atoms with van der Waals surface area (Å²) in [6.45, 7) is 2.34. The van der Waals surface area contributed by atoms with E-state index in [-0.39, 0.29) is 22.9 Å². The molecule has 2 aromatic carbocycles. The largest absolute Gasteiger partial charge is 0.507 e. The summed E-state index contributed by atoms with van der Waals surface area (Å²) in [5.74, 6) is 0.355. The van der Waals surface area contributed by atoms with Gasteiger partial charge < -0.3 is 5.11 Å². The smallest absolute Gasteiger partial charge is 0.329 e. The van der Waals surface area contributed by atoms with Crippen LogP contribution in [0.5, 0.6) is 5.75 Å². The number of imidazole rings is 1. The predicted molar refractivity (Wildman–Crippen MR) is 123 cm³/mol. The minimum atomic E-state index is -0.549. The van der Waals surface area contributed by atoms with Gasteiger partial charge in [-0.25, -0.2) is 10.2 Å². The van der Waals surface area contributed by atoms with E-state index >= 15 is 0 Å². The summed E-state index contributed by atoms with van der Waals surface area (Å²) in [6.07, 6.45) is 1.44. The van der Waals surface area contributed by atoms with Crippen LogP contribution >= 0.6 is 15.9 Å². The van der Waals surface area contributed by atoms with Crippen molar-refractivity contribution in [3.63, 3.8) is 0 Å². The highest BCUT2D eigenvalue weighted by Crippen LogP contribution is 2.21. The van der Waals surface area contributed by atoms with Crippen LogP contribution in [0.4, 0.5) is 5.95 Å². The molecule has 4 aromatic rings. The number of anilines is 1. The Kier molecular flexibility index (Phi) is 5.47. The van der Waals surface area contributed by atoms with E-state index in [9.17, 15) is 14.7 Å². The van der Waals surface area contributed by atoms with Gasteiger partial charge in [-0.3, -0.25) is 18.9 Å². The molecule has 2 heterocycles. The van der Waals surface area contributed by atoms with Crippen LogP contribution in [0.25, 0.3) is 11.2 Å². The van der Waals surface area contributed by atoms with E-state index in [1.54, 1.807) is 22.8 Å². The standard InChI is InChI=1S/C21H19BrN6O3/c1-12-3-5-13(6-4-12)11-28-17-18(27(2)21(31)25-19(17)30)24-20(28)26-23-10-14-9-15(22)7-8-16(14)29/h3-10,29H,11H2,1-2H3,(H,24,26)(H,25,30,31)/b23-10+. The Hall–Kier alpha value is -3.66. The molecule has 0 bridgehead atoms. The first-order chi connectivity index (χ1) is 14.8. The maximum atomic E-state index is 12.6. The maximum Gasteiger partial charge on any atom is 0.329 e. The molecule has 10 heteroatoms. The third-order valence-corrected chi connectivity index (χ3v) is 5.32. The van der Waals surface area contributed by atoms with E-state index in [0.717, 1.165) is 15.6 Å². The number of hydrazone groups is 1. The van der Waals surface area contributed by atoms with Gasteiger partial charge in [0.25, 0.3) is 5.56 Å². The van der Waals surface area contributed by atoms with Crippen molar-refractivity contribution in [3.05, 3.63) is 84.5 Å². The molecule has 2 aromatic heterocycles. The lowest BCUT2D eigenvalue weighted by molar-refractivity contribution is 0.474. The van der Waals surface area contributed by atoms with Crippen molar-refractivity contribution >= 4 is 39.3 Å². The van der Waals surface area contributed by atoms with E-state index in [2.05, 4.69) is 36.4 Å². The van der Waals surface area contributed by atoms with Crippen LogP contribution < -0.4 is 16.7 Å². The zero-order valence-corrected chi connectivity index (χ0v) is 18.3. The van der Waals surface area contributed by atoms with Gasteiger partial charge in [0.15, 0.2) is 11.2 Å². The monoisotopic (exact) mass is 482 g/mol. The number of aromatic nitrogens is 4. The first-order valence-electron chi connectivity index (χ1n) is 9.36. The summed E-state index contributed by atoms with van der Waals surface area (Å²) in [5.41, 5.74) is 4.82. The number of aromatic hydroxyl groups is 1. The SMILES string of the molecule is Cc1ccc(Cn2c(N/N=C/c3cc(Br)ccc3O)nc3c2c(=O)[nH]c(=O)n3C)cc1. The number of halogens is 1. The third-order valence-electron chi connectivity index (χ3n) is 4.83. The van der Waals surface area contributed by atoms with Crippen molar-refractivity contribution in [1.29, 1.82) is 0 Å². The predicted octanol–water partition coefficient (Wildman–Crippen LogP) is 2.69. The molecule has 0 aliphatic carbocycles. The van der Waals surface area contributed by atoms with Crippen molar-refractivity contribution < 1.29 is 5.11 Å². The first kappa shape index (κ1) is 20.6.